The van der Waals surface area contributed by atoms with Crippen LogP contribution in [0, 0.1) is 5.82 Å². The average molecular weight is 260 g/mol. The van der Waals surface area contributed by atoms with Crippen LogP contribution in [-0.4, -0.2) is 23.8 Å². The third-order valence-corrected chi connectivity index (χ3v) is 2.93. The minimum Gasteiger partial charge on any atom is -0.393 e. The van der Waals surface area contributed by atoms with Gasteiger partial charge in [0.05, 0.1) is 6.10 Å². The van der Waals surface area contributed by atoms with E-state index in [9.17, 15) is 9.50 Å². The van der Waals surface area contributed by atoms with E-state index in [0.717, 1.165) is 0 Å². The molecule has 0 amide bonds. The first-order valence-electron chi connectivity index (χ1n) is 5.78. The van der Waals surface area contributed by atoms with Crippen molar-refractivity contribution in [3.8, 4) is 0 Å². The lowest BCUT2D eigenvalue weighted by Gasteiger charge is -2.22. The van der Waals surface area contributed by atoms with Gasteiger partial charge in [0, 0.05) is 23.5 Å². The number of rotatable bonds is 5. The Kier molecular flexibility index (Phi) is 5.37. The van der Waals surface area contributed by atoms with Crippen molar-refractivity contribution in [2.45, 2.75) is 38.8 Å². The monoisotopic (exact) mass is 259 g/mol. The molecule has 0 fully saturated rings. The summed E-state index contributed by atoms with van der Waals surface area (Å²) >= 11 is 5.71. The van der Waals surface area contributed by atoms with Crippen molar-refractivity contribution in [1.82, 2.24) is 5.32 Å². The van der Waals surface area contributed by atoms with Crippen LogP contribution in [0.3, 0.4) is 0 Å². The maximum atomic E-state index is 13.8. The third-order valence-electron chi connectivity index (χ3n) is 2.69. The fraction of sp³-hybridized carbons (Fsp3) is 0.538. The number of benzene rings is 1. The molecule has 0 aliphatic carbocycles. The number of hydrogen-bond donors (Lipinski definition) is 2. The molecule has 2 nitrogen and oxygen atoms in total. The molecule has 96 valence electrons. The molecule has 0 bridgehead atoms. The van der Waals surface area contributed by atoms with Gasteiger partial charge in [-0.15, -0.1) is 0 Å². The lowest BCUT2D eigenvalue weighted by atomic mass is 9.93. The Labute approximate surface area is 107 Å². The molecular weight excluding hydrogens is 241 g/mol. The van der Waals surface area contributed by atoms with E-state index in [0.29, 0.717) is 23.2 Å². The first kappa shape index (κ1) is 14.4. The van der Waals surface area contributed by atoms with Gasteiger partial charge in [-0.1, -0.05) is 31.5 Å². The summed E-state index contributed by atoms with van der Waals surface area (Å²) in [5, 5.41) is 13.3. The van der Waals surface area contributed by atoms with Gasteiger partial charge in [0.2, 0.25) is 0 Å². The molecule has 1 aromatic carbocycles. The summed E-state index contributed by atoms with van der Waals surface area (Å²) in [5.41, 5.74) is 0.498. The minimum absolute atomic E-state index is 0.269. The van der Waals surface area contributed by atoms with Gasteiger partial charge < -0.3 is 10.4 Å². The maximum Gasteiger partial charge on any atom is 0.128 e. The molecule has 0 saturated heterocycles. The smallest absolute Gasteiger partial charge is 0.128 e. The van der Waals surface area contributed by atoms with E-state index >= 15 is 0 Å². The normalized spacial score (nSPS) is 15.0. The zero-order chi connectivity index (χ0) is 13.0. The molecule has 17 heavy (non-hydrogen) atoms. The highest BCUT2D eigenvalue weighted by atomic mass is 35.5. The second-order valence-corrected chi connectivity index (χ2v) is 5.01. The zero-order valence-electron chi connectivity index (χ0n) is 10.4. The molecule has 0 aromatic heterocycles. The molecule has 4 heteroatoms. The molecule has 0 aliphatic heterocycles. The number of aliphatic hydroxyl groups is 1. The Morgan fingerprint density at radius 2 is 2.00 bits per heavy atom. The quantitative estimate of drug-likeness (QED) is 0.852. The highest BCUT2D eigenvalue weighted by Crippen LogP contribution is 2.24. The molecule has 0 heterocycles. The van der Waals surface area contributed by atoms with Crippen LogP contribution in [0.5, 0.6) is 0 Å². The average Bonchev–Trinajstić information content (AvgIpc) is 2.20. The van der Waals surface area contributed by atoms with Crippen molar-refractivity contribution < 1.29 is 9.50 Å². The van der Waals surface area contributed by atoms with Crippen LogP contribution in [0.2, 0.25) is 5.02 Å². The van der Waals surface area contributed by atoms with Crippen LogP contribution in [0.15, 0.2) is 18.2 Å². The molecule has 1 unspecified atom stereocenters. The van der Waals surface area contributed by atoms with E-state index in [4.69, 9.17) is 11.6 Å². The summed E-state index contributed by atoms with van der Waals surface area (Å²) in [4.78, 5) is 0. The number of nitrogens with one attached hydrogen (secondary N) is 1. The first-order valence-corrected chi connectivity index (χ1v) is 6.16. The van der Waals surface area contributed by atoms with Crippen LogP contribution in [0.4, 0.5) is 4.39 Å². The molecule has 2 atom stereocenters. The maximum absolute atomic E-state index is 13.8. The van der Waals surface area contributed by atoms with Crippen molar-refractivity contribution >= 4 is 11.6 Å². The van der Waals surface area contributed by atoms with Gasteiger partial charge in [-0.05, 0) is 24.6 Å². The van der Waals surface area contributed by atoms with Crippen LogP contribution in [0.25, 0.3) is 0 Å². The molecule has 0 spiro atoms. The predicted molar refractivity (Wildman–Crippen MR) is 69.0 cm³/mol. The van der Waals surface area contributed by atoms with Crippen molar-refractivity contribution in [3.63, 3.8) is 0 Å². The lowest BCUT2D eigenvalue weighted by Crippen LogP contribution is -2.32. The van der Waals surface area contributed by atoms with Crippen LogP contribution < -0.4 is 5.32 Å². The second-order valence-electron chi connectivity index (χ2n) is 4.58. The van der Waals surface area contributed by atoms with Gasteiger partial charge in [-0.3, -0.25) is 0 Å². The second kappa shape index (κ2) is 6.34. The van der Waals surface area contributed by atoms with E-state index in [2.05, 4.69) is 5.32 Å². The van der Waals surface area contributed by atoms with Gasteiger partial charge in [0.25, 0.3) is 0 Å². The van der Waals surface area contributed by atoms with E-state index in [-0.39, 0.29) is 11.7 Å². The fourth-order valence-corrected chi connectivity index (χ4v) is 1.86. The summed E-state index contributed by atoms with van der Waals surface area (Å²) in [7, 11) is 0. The molecule has 2 N–H and O–H groups in total. The summed E-state index contributed by atoms with van der Waals surface area (Å²) in [6.45, 7) is 6.23. The van der Waals surface area contributed by atoms with Gasteiger partial charge in [0.15, 0.2) is 0 Å². The van der Waals surface area contributed by atoms with Crippen molar-refractivity contribution in [1.29, 1.82) is 0 Å². The Morgan fingerprint density at radius 3 is 2.47 bits per heavy atom. The van der Waals surface area contributed by atoms with Gasteiger partial charge in [-0.2, -0.15) is 0 Å². The van der Waals surface area contributed by atoms with Crippen molar-refractivity contribution in [3.05, 3.63) is 34.6 Å². The topological polar surface area (TPSA) is 32.3 Å². The van der Waals surface area contributed by atoms with Gasteiger partial charge >= 0.3 is 0 Å². The highest BCUT2D eigenvalue weighted by Gasteiger charge is 2.21. The Morgan fingerprint density at radius 1 is 1.35 bits per heavy atom. The van der Waals surface area contributed by atoms with E-state index < -0.39 is 6.10 Å². The van der Waals surface area contributed by atoms with Crippen LogP contribution in [0.1, 0.15) is 32.3 Å². The van der Waals surface area contributed by atoms with Crippen LogP contribution >= 0.6 is 11.6 Å². The summed E-state index contributed by atoms with van der Waals surface area (Å²) < 4.78 is 13.8. The summed E-state index contributed by atoms with van der Waals surface area (Å²) in [6, 6.07) is 4.86. The standard InChI is InChI=1S/C13H19ClFNO/c1-8(2)16-7-12(9(3)17)11-5-4-10(14)6-13(11)15/h4-6,8-9,12,16-17H,7H2,1-3H3/t9?,12-/m0/s1. The summed E-state index contributed by atoms with van der Waals surface area (Å²) in [5.74, 6) is -0.636. The SMILES string of the molecule is CC(C)NC[C@H](c1ccc(Cl)cc1F)C(C)O. The lowest BCUT2D eigenvalue weighted by molar-refractivity contribution is 0.157. The zero-order valence-corrected chi connectivity index (χ0v) is 11.1. The molecule has 0 saturated carbocycles. The number of halogens is 2. The third kappa shape index (κ3) is 4.26. The van der Waals surface area contributed by atoms with Crippen molar-refractivity contribution in [2.24, 2.45) is 0 Å². The first-order chi connectivity index (χ1) is 7.91. The Hall–Kier alpha value is -0.640. The molecule has 1 rings (SSSR count). The van der Waals surface area contributed by atoms with E-state index in [1.807, 2.05) is 13.8 Å². The Bertz CT molecular complexity index is 368. The minimum atomic E-state index is -0.614. The highest BCUT2D eigenvalue weighted by molar-refractivity contribution is 6.30. The number of hydrogen-bond acceptors (Lipinski definition) is 2. The Balaban J connectivity index is 2.89. The van der Waals surface area contributed by atoms with Crippen LogP contribution in [-0.2, 0) is 0 Å². The molecular formula is C13H19ClFNO. The van der Waals surface area contributed by atoms with Gasteiger partial charge in [-0.25, -0.2) is 4.39 Å². The van der Waals surface area contributed by atoms with E-state index in [1.165, 1.54) is 6.07 Å². The largest absolute Gasteiger partial charge is 0.393 e. The molecule has 0 radical (unpaired) electrons. The fourth-order valence-electron chi connectivity index (χ4n) is 1.71. The molecule has 0 aliphatic rings. The predicted octanol–water partition coefficient (Wildman–Crippen LogP) is 2.94. The summed E-state index contributed by atoms with van der Waals surface area (Å²) in [6.07, 6.45) is -0.614. The molecule has 1 aromatic rings. The van der Waals surface area contributed by atoms with Crippen molar-refractivity contribution in [2.75, 3.05) is 6.54 Å². The van der Waals surface area contributed by atoms with E-state index in [1.54, 1.807) is 19.1 Å². The van der Waals surface area contributed by atoms with Gasteiger partial charge in [0.1, 0.15) is 5.82 Å². The number of aliphatic hydroxyl groups excluding tert-OH is 1.